The molecule has 0 saturated carbocycles. The lowest BCUT2D eigenvalue weighted by Crippen LogP contribution is -2.30. The summed E-state index contributed by atoms with van der Waals surface area (Å²) in [6, 6.07) is 2.12. The van der Waals surface area contributed by atoms with Crippen LogP contribution in [0, 0.1) is 20.8 Å². The average molecular weight is 356 g/mol. The van der Waals surface area contributed by atoms with E-state index in [4.69, 9.17) is 0 Å². The Morgan fingerprint density at radius 1 is 1.40 bits per heavy atom. The van der Waals surface area contributed by atoms with E-state index < -0.39 is 0 Å². The second kappa shape index (κ2) is 6.65. The normalized spacial score (nSPS) is 11.0. The largest absolute Gasteiger partial charge is 0.348 e. The number of nitrogens with zero attached hydrogens (tertiary/aromatic N) is 2. The van der Waals surface area contributed by atoms with Gasteiger partial charge in [0.25, 0.3) is 0 Å². The number of halogens is 1. The van der Waals surface area contributed by atoms with Crippen molar-refractivity contribution in [3.8, 4) is 0 Å². The fraction of sp³-hybridized carbons (Fsp3) is 0.429. The van der Waals surface area contributed by atoms with Gasteiger partial charge in [-0.3, -0.25) is 4.57 Å². The van der Waals surface area contributed by atoms with Gasteiger partial charge in [0.15, 0.2) is 0 Å². The second-order valence-corrected chi connectivity index (χ2v) is 6.53. The van der Waals surface area contributed by atoms with Crippen molar-refractivity contribution in [2.45, 2.75) is 33.9 Å². The predicted octanol–water partition coefficient (Wildman–Crippen LogP) is 2.78. The summed E-state index contributed by atoms with van der Waals surface area (Å²) < 4.78 is 2.61. The van der Waals surface area contributed by atoms with Gasteiger partial charge in [-0.1, -0.05) is 0 Å². The molecule has 0 spiro atoms. The van der Waals surface area contributed by atoms with Gasteiger partial charge in [0, 0.05) is 30.2 Å². The van der Waals surface area contributed by atoms with Gasteiger partial charge in [0.2, 0.25) is 0 Å². The van der Waals surface area contributed by atoms with Crippen LogP contribution in [0.15, 0.2) is 20.7 Å². The van der Waals surface area contributed by atoms with Gasteiger partial charge < -0.3 is 5.32 Å². The smallest absolute Gasteiger partial charge is 0.310 e. The molecule has 0 amide bonds. The third-order valence-corrected chi connectivity index (χ3v) is 5.47. The fourth-order valence-corrected chi connectivity index (χ4v) is 3.20. The molecule has 0 fully saturated rings. The summed E-state index contributed by atoms with van der Waals surface area (Å²) in [6.45, 7) is 8.10. The van der Waals surface area contributed by atoms with Crippen LogP contribution in [0.3, 0.4) is 0 Å². The van der Waals surface area contributed by atoms with Crippen molar-refractivity contribution in [2.24, 2.45) is 0 Å². The van der Waals surface area contributed by atoms with Crippen molar-refractivity contribution in [1.29, 1.82) is 0 Å². The summed E-state index contributed by atoms with van der Waals surface area (Å²) in [5, 5.41) is 5.47. The molecule has 4 nitrogen and oxygen atoms in total. The molecule has 0 aliphatic carbocycles. The Bertz CT molecular complexity index is 663. The van der Waals surface area contributed by atoms with Gasteiger partial charge in [-0.15, -0.1) is 11.3 Å². The monoisotopic (exact) mass is 355 g/mol. The first-order chi connectivity index (χ1) is 9.50. The van der Waals surface area contributed by atoms with E-state index in [9.17, 15) is 4.79 Å². The molecule has 2 heterocycles. The molecule has 2 aromatic rings. The molecule has 0 saturated heterocycles. The summed E-state index contributed by atoms with van der Waals surface area (Å²) in [6.07, 6.45) is 0. The first kappa shape index (κ1) is 15.4. The number of rotatable bonds is 5. The highest BCUT2D eigenvalue weighted by molar-refractivity contribution is 9.10. The molecule has 20 heavy (non-hydrogen) atoms. The van der Waals surface area contributed by atoms with Crippen molar-refractivity contribution >= 4 is 27.3 Å². The second-order valence-electron chi connectivity index (χ2n) is 4.73. The molecule has 0 aliphatic heterocycles. The maximum Gasteiger partial charge on any atom is 0.348 e. The van der Waals surface area contributed by atoms with E-state index in [1.165, 1.54) is 10.4 Å². The maximum absolute atomic E-state index is 11.9. The van der Waals surface area contributed by atoms with Crippen LogP contribution < -0.4 is 11.0 Å². The van der Waals surface area contributed by atoms with Crippen molar-refractivity contribution in [2.75, 3.05) is 6.54 Å². The molecule has 6 heteroatoms. The van der Waals surface area contributed by atoms with Crippen LogP contribution in [0.5, 0.6) is 0 Å². The number of hydrogen-bond donors (Lipinski definition) is 1. The number of nitrogens with one attached hydrogen (secondary N) is 1. The van der Waals surface area contributed by atoms with Gasteiger partial charge in [0.1, 0.15) is 0 Å². The van der Waals surface area contributed by atoms with Crippen LogP contribution >= 0.6 is 27.3 Å². The zero-order valence-corrected chi connectivity index (χ0v) is 14.3. The molecule has 0 atom stereocenters. The minimum absolute atomic E-state index is 0.183. The highest BCUT2D eigenvalue weighted by Crippen LogP contribution is 2.16. The van der Waals surface area contributed by atoms with Crippen LogP contribution in [-0.4, -0.2) is 16.1 Å². The van der Waals surface area contributed by atoms with Gasteiger partial charge >= 0.3 is 5.69 Å². The average Bonchev–Trinajstić information content (AvgIpc) is 2.81. The van der Waals surface area contributed by atoms with Crippen LogP contribution in [0.25, 0.3) is 0 Å². The Hall–Kier alpha value is -0.980. The zero-order valence-electron chi connectivity index (χ0n) is 11.9. The summed E-state index contributed by atoms with van der Waals surface area (Å²) in [5.41, 5.74) is 2.80. The lowest BCUT2D eigenvalue weighted by molar-refractivity contribution is 0.563. The molecule has 1 N–H and O–H groups in total. The maximum atomic E-state index is 11.9. The lowest BCUT2D eigenvalue weighted by Gasteiger charge is -2.12. The zero-order chi connectivity index (χ0) is 14.7. The van der Waals surface area contributed by atoms with Gasteiger partial charge in [0.05, 0.1) is 10.2 Å². The summed E-state index contributed by atoms with van der Waals surface area (Å²) in [7, 11) is 0. The fourth-order valence-electron chi connectivity index (χ4n) is 2.02. The third kappa shape index (κ3) is 3.37. The lowest BCUT2D eigenvalue weighted by atomic mass is 10.3. The van der Waals surface area contributed by atoms with Gasteiger partial charge in [-0.2, -0.15) is 4.98 Å². The van der Waals surface area contributed by atoms with Crippen molar-refractivity contribution < 1.29 is 0 Å². The molecule has 0 bridgehead atoms. The van der Waals surface area contributed by atoms with E-state index in [0.717, 1.165) is 29.0 Å². The van der Waals surface area contributed by atoms with E-state index in [-0.39, 0.29) is 5.69 Å². The SMILES string of the molecule is Cc1ccsc1CNCCn1c(C)c(Br)c(C)nc1=O. The molecule has 0 unspecified atom stereocenters. The van der Waals surface area contributed by atoms with E-state index in [0.29, 0.717) is 6.54 Å². The molecule has 0 aliphatic rings. The molecule has 108 valence electrons. The molecule has 2 rings (SSSR count). The molecule has 0 radical (unpaired) electrons. The molecule has 0 aromatic carbocycles. The van der Waals surface area contributed by atoms with E-state index in [1.807, 2.05) is 13.8 Å². The number of thiophene rings is 1. The summed E-state index contributed by atoms with van der Waals surface area (Å²) in [5.74, 6) is 0. The minimum atomic E-state index is -0.183. The summed E-state index contributed by atoms with van der Waals surface area (Å²) >= 11 is 5.23. The van der Waals surface area contributed by atoms with Crippen molar-refractivity contribution in [3.63, 3.8) is 0 Å². The van der Waals surface area contributed by atoms with Crippen molar-refractivity contribution in [1.82, 2.24) is 14.9 Å². The van der Waals surface area contributed by atoms with Crippen LogP contribution in [-0.2, 0) is 13.1 Å². The van der Waals surface area contributed by atoms with Gasteiger partial charge in [-0.25, -0.2) is 4.79 Å². The Morgan fingerprint density at radius 3 is 2.80 bits per heavy atom. The highest BCUT2D eigenvalue weighted by atomic mass is 79.9. The Morgan fingerprint density at radius 2 is 2.15 bits per heavy atom. The molecular weight excluding hydrogens is 338 g/mol. The Kier molecular flexibility index (Phi) is 5.12. The topological polar surface area (TPSA) is 46.9 Å². The van der Waals surface area contributed by atoms with Crippen LogP contribution in [0.4, 0.5) is 0 Å². The third-order valence-electron chi connectivity index (χ3n) is 3.30. The number of aryl methyl sites for hydroxylation is 2. The van der Waals surface area contributed by atoms with E-state index >= 15 is 0 Å². The highest BCUT2D eigenvalue weighted by Gasteiger charge is 2.08. The summed E-state index contributed by atoms with van der Waals surface area (Å²) in [4.78, 5) is 17.3. The first-order valence-electron chi connectivity index (χ1n) is 6.48. The van der Waals surface area contributed by atoms with Gasteiger partial charge in [-0.05, 0) is 53.7 Å². The van der Waals surface area contributed by atoms with Crippen LogP contribution in [0.1, 0.15) is 21.8 Å². The van der Waals surface area contributed by atoms with E-state index in [2.05, 4.69) is 44.6 Å². The predicted molar refractivity (Wildman–Crippen MR) is 86.4 cm³/mol. The number of hydrogen-bond acceptors (Lipinski definition) is 4. The van der Waals surface area contributed by atoms with Crippen molar-refractivity contribution in [3.05, 3.63) is 48.2 Å². The standard InChI is InChI=1S/C14H18BrN3OS/c1-9-4-7-20-12(9)8-16-5-6-18-11(3)13(15)10(2)17-14(18)19/h4,7,16H,5-6,8H2,1-3H3. The Labute approximate surface area is 131 Å². The first-order valence-corrected chi connectivity index (χ1v) is 8.15. The van der Waals surface area contributed by atoms with Crippen LogP contribution in [0.2, 0.25) is 0 Å². The molecule has 2 aromatic heterocycles. The quantitative estimate of drug-likeness (QED) is 0.838. The molecular formula is C14H18BrN3OS. The Balaban J connectivity index is 1.97. The van der Waals surface area contributed by atoms with E-state index in [1.54, 1.807) is 15.9 Å². The minimum Gasteiger partial charge on any atom is -0.310 e. The number of aromatic nitrogens is 2.